The van der Waals surface area contributed by atoms with Gasteiger partial charge in [0.05, 0.1) is 0 Å². The zero-order chi connectivity index (χ0) is 18.8. The van der Waals surface area contributed by atoms with Gasteiger partial charge in [0.15, 0.2) is 0 Å². The molecule has 0 bridgehead atoms. The average Bonchev–Trinajstić information content (AvgIpc) is 2.75. The van der Waals surface area contributed by atoms with E-state index in [4.69, 9.17) is 0 Å². The monoisotopic (exact) mass is 388 g/mol. The molecule has 0 saturated heterocycles. The van der Waals surface area contributed by atoms with Gasteiger partial charge in [-0.05, 0) is 0 Å². The molecular weight excluding hydrogens is 362 g/mol. The molecule has 0 atom stereocenters. The summed E-state index contributed by atoms with van der Waals surface area (Å²) in [6, 6.07) is 32.8. The second-order valence-corrected chi connectivity index (χ2v) is 11.2. The predicted octanol–water partition coefficient (Wildman–Crippen LogP) is 4.01. The molecule has 0 N–H and O–H groups in total. The van der Waals surface area contributed by atoms with Crippen LogP contribution < -0.4 is 15.9 Å². The van der Waals surface area contributed by atoms with E-state index in [0.29, 0.717) is 0 Å². The van der Waals surface area contributed by atoms with Crippen LogP contribution in [0, 0.1) is 0 Å². The maximum atomic E-state index is 9.92. The van der Waals surface area contributed by atoms with E-state index < -0.39 is 15.5 Å². The van der Waals surface area contributed by atoms with Gasteiger partial charge in [0.25, 0.3) is 0 Å². The van der Waals surface area contributed by atoms with Crippen molar-refractivity contribution in [1.29, 1.82) is 0 Å². The molecule has 0 unspecified atom stereocenters. The molecule has 0 spiro atoms. The first-order chi connectivity index (χ1) is 12.6. The van der Waals surface area contributed by atoms with Crippen molar-refractivity contribution < 1.29 is 13.6 Å². The molecule has 0 aromatic heterocycles. The van der Waals surface area contributed by atoms with Crippen molar-refractivity contribution in [2.75, 3.05) is 20.9 Å². The Morgan fingerprint density at radius 2 is 0.885 bits per heavy atom. The zero-order valence-electron chi connectivity index (χ0n) is 15.4. The molecule has 3 rings (SSSR count). The topological polar surface area (TPSA) is 35.5 Å². The van der Waals surface area contributed by atoms with Gasteiger partial charge in [-0.2, -0.15) is 0 Å². The molecule has 0 fully saturated rings. The van der Waals surface area contributed by atoms with E-state index in [1.165, 1.54) is 30.1 Å². The Kier molecular flexibility index (Phi) is 8.22. The van der Waals surface area contributed by atoms with Gasteiger partial charge in [-0.3, -0.25) is 4.57 Å². The summed E-state index contributed by atoms with van der Waals surface area (Å²) in [6.07, 6.45) is 0. The van der Waals surface area contributed by atoms with Gasteiger partial charge in [0.2, 0.25) is 0 Å². The Morgan fingerprint density at radius 3 is 1.08 bits per heavy atom. The van der Waals surface area contributed by atoms with Gasteiger partial charge in [0.1, 0.15) is 0 Å². The molecule has 3 aromatic rings. The van der Waals surface area contributed by atoms with E-state index in [-0.39, 0.29) is 0 Å². The van der Waals surface area contributed by atoms with Crippen molar-refractivity contribution in [3.05, 3.63) is 91.0 Å². The van der Waals surface area contributed by atoms with Gasteiger partial charge < -0.3 is 9.05 Å². The van der Waals surface area contributed by atoms with Crippen molar-refractivity contribution in [3.63, 3.8) is 0 Å². The first-order valence-corrected chi connectivity index (χ1v) is 12.1. The molecule has 0 heterocycles. The summed E-state index contributed by atoms with van der Waals surface area (Å²) in [4.78, 5) is 0. The molecule has 3 aromatic carbocycles. The number of rotatable bonds is 5. The predicted molar refractivity (Wildman–Crippen MR) is 115 cm³/mol. The fourth-order valence-corrected chi connectivity index (χ4v) is 6.64. The Morgan fingerprint density at radius 1 is 0.615 bits per heavy atom. The summed E-state index contributed by atoms with van der Waals surface area (Å²) in [6.45, 7) is 2.44. The van der Waals surface area contributed by atoms with Crippen molar-refractivity contribution >= 4 is 31.4 Å². The molecule has 0 saturated carbocycles. The van der Waals surface area contributed by atoms with Crippen LogP contribution in [0.4, 0.5) is 0 Å². The number of hydrogen-bond acceptors (Lipinski definition) is 3. The Hall–Kier alpha value is -1.76. The second-order valence-electron chi connectivity index (χ2n) is 5.88. The van der Waals surface area contributed by atoms with Crippen LogP contribution in [-0.4, -0.2) is 20.9 Å². The van der Waals surface area contributed by atoms with E-state index in [0.717, 1.165) is 0 Å². The summed E-state index contributed by atoms with van der Waals surface area (Å²) in [5.74, 6) is 0. The minimum atomic E-state index is -2.12. The number of hydrogen-bond donors (Lipinski definition) is 0. The van der Waals surface area contributed by atoms with Crippen LogP contribution in [0.25, 0.3) is 0 Å². The molecule has 5 heteroatoms. The molecule has 0 aliphatic rings. The maximum absolute atomic E-state index is 9.92. The van der Waals surface area contributed by atoms with E-state index in [9.17, 15) is 4.57 Å². The van der Waals surface area contributed by atoms with Gasteiger partial charge in [-0.15, -0.1) is 0 Å². The van der Waals surface area contributed by atoms with Crippen molar-refractivity contribution in [3.8, 4) is 0 Å². The first-order valence-electron chi connectivity index (χ1n) is 8.41. The summed E-state index contributed by atoms with van der Waals surface area (Å²) >= 11 is 0. The van der Waals surface area contributed by atoms with Crippen molar-refractivity contribution in [1.82, 2.24) is 0 Å². The van der Waals surface area contributed by atoms with Crippen LogP contribution in [0.5, 0.6) is 0 Å². The van der Waals surface area contributed by atoms with Crippen molar-refractivity contribution in [2.24, 2.45) is 0 Å². The van der Waals surface area contributed by atoms with Gasteiger partial charge in [0, 0.05) is 14.2 Å². The first kappa shape index (κ1) is 20.6. The SMILES string of the molecule is CO[PH](=O)OC.C[PH](c1ccccc1)(c1ccccc1)c1ccccc1. The van der Waals surface area contributed by atoms with E-state index in [2.05, 4.69) is 107 Å². The minimum absolute atomic E-state index is 1.34. The molecule has 0 aliphatic carbocycles. The molecule has 0 radical (unpaired) electrons. The summed E-state index contributed by atoms with van der Waals surface area (Å²) in [7, 11) is -1.32. The van der Waals surface area contributed by atoms with Crippen LogP contribution in [0.15, 0.2) is 91.0 Å². The average molecular weight is 388 g/mol. The molecule has 138 valence electrons. The van der Waals surface area contributed by atoms with E-state index in [1.54, 1.807) is 0 Å². The molecular formula is C21H26O3P2. The standard InChI is InChI=1S/C19H19P.C2H7O3P/c1-20(17-11-5-2-6-12-17,18-13-7-3-8-14-18)19-15-9-4-10-16-19;1-4-6(3)5-2/h2-16,20H,1H3;6H,1-2H3. The fourth-order valence-electron chi connectivity index (χ4n) is 2.90. The van der Waals surface area contributed by atoms with Crippen LogP contribution in [0.1, 0.15) is 0 Å². The summed E-state index contributed by atoms with van der Waals surface area (Å²) in [5.41, 5.74) is 0. The van der Waals surface area contributed by atoms with Crippen LogP contribution in [0.2, 0.25) is 0 Å². The van der Waals surface area contributed by atoms with Crippen LogP contribution >= 0.6 is 15.5 Å². The van der Waals surface area contributed by atoms with Gasteiger partial charge >= 0.3 is 129 Å². The van der Waals surface area contributed by atoms with Gasteiger partial charge in [-0.1, -0.05) is 0 Å². The van der Waals surface area contributed by atoms with Crippen LogP contribution in [0.3, 0.4) is 0 Å². The Balaban J connectivity index is 0.000000352. The van der Waals surface area contributed by atoms with E-state index >= 15 is 0 Å². The fraction of sp³-hybridized carbons (Fsp3) is 0.143. The van der Waals surface area contributed by atoms with E-state index in [1.807, 2.05) is 0 Å². The molecule has 26 heavy (non-hydrogen) atoms. The van der Waals surface area contributed by atoms with Crippen molar-refractivity contribution in [2.45, 2.75) is 0 Å². The number of benzene rings is 3. The Bertz CT molecular complexity index is 691. The van der Waals surface area contributed by atoms with Crippen LogP contribution in [-0.2, 0) is 13.6 Å². The Labute approximate surface area is 157 Å². The normalized spacial score (nSPS) is 11.5. The third kappa shape index (κ3) is 5.13. The summed E-state index contributed by atoms with van der Waals surface area (Å²) < 4.78 is 18.4. The molecule has 0 amide bonds. The third-order valence-corrected chi connectivity index (χ3v) is 9.52. The van der Waals surface area contributed by atoms with Gasteiger partial charge in [-0.25, -0.2) is 0 Å². The third-order valence-electron chi connectivity index (χ3n) is 4.39. The summed E-state index contributed by atoms with van der Waals surface area (Å²) in [5, 5.41) is 4.37. The zero-order valence-corrected chi connectivity index (χ0v) is 17.4. The molecule has 0 aliphatic heterocycles. The quantitative estimate of drug-likeness (QED) is 0.620. The second kappa shape index (κ2) is 10.4. The molecule has 3 nitrogen and oxygen atoms in total.